The van der Waals surface area contributed by atoms with Gasteiger partial charge in [0.2, 0.25) is 5.91 Å². The predicted octanol–water partition coefficient (Wildman–Crippen LogP) is 3.90. The summed E-state index contributed by atoms with van der Waals surface area (Å²) in [6, 6.07) is 21.9. The van der Waals surface area contributed by atoms with Crippen molar-refractivity contribution in [2.24, 2.45) is 0 Å². The van der Waals surface area contributed by atoms with Gasteiger partial charge in [-0.25, -0.2) is 12.8 Å². The smallest absolute Gasteiger partial charge is 0.264 e. The standard InChI is InChI=1S/C22H21FN2O3S/c1-17(18-8-4-2-5-9-18)24-22(26)16-25(20-14-12-19(23)13-15-20)29(27,28)21-10-6-3-7-11-21/h2-15,17H,16H2,1H3,(H,24,26)/t17-/m0/s1. The average Bonchev–Trinajstić information content (AvgIpc) is 2.74. The van der Waals surface area contributed by atoms with Gasteiger partial charge in [0.25, 0.3) is 10.0 Å². The molecule has 1 amide bonds. The molecule has 1 atom stereocenters. The topological polar surface area (TPSA) is 66.5 Å². The maximum absolute atomic E-state index is 13.3. The Bertz CT molecular complexity index is 1060. The van der Waals surface area contributed by atoms with E-state index in [-0.39, 0.29) is 16.6 Å². The lowest BCUT2D eigenvalue weighted by atomic mass is 10.1. The normalized spacial score (nSPS) is 12.2. The Hall–Kier alpha value is -3.19. The largest absolute Gasteiger partial charge is 0.348 e. The molecule has 0 bridgehead atoms. The number of hydrogen-bond acceptors (Lipinski definition) is 3. The molecule has 0 saturated carbocycles. The summed E-state index contributed by atoms with van der Waals surface area (Å²) in [5.74, 6) is -0.960. The van der Waals surface area contributed by atoms with Gasteiger partial charge in [0.1, 0.15) is 12.4 Å². The molecule has 150 valence electrons. The van der Waals surface area contributed by atoms with Crippen LogP contribution in [-0.2, 0) is 14.8 Å². The Labute approximate surface area is 169 Å². The fraction of sp³-hybridized carbons (Fsp3) is 0.136. The number of nitrogens with zero attached hydrogens (tertiary/aromatic N) is 1. The molecule has 0 spiro atoms. The van der Waals surface area contributed by atoms with Crippen LogP contribution in [0.3, 0.4) is 0 Å². The van der Waals surface area contributed by atoms with Crippen molar-refractivity contribution in [3.63, 3.8) is 0 Å². The molecule has 0 aromatic heterocycles. The molecular formula is C22H21FN2O3S. The number of sulfonamides is 1. The van der Waals surface area contributed by atoms with Crippen LogP contribution in [0, 0.1) is 5.82 Å². The highest BCUT2D eigenvalue weighted by Crippen LogP contribution is 2.24. The van der Waals surface area contributed by atoms with Crippen molar-refractivity contribution in [3.8, 4) is 0 Å². The lowest BCUT2D eigenvalue weighted by Crippen LogP contribution is -2.41. The minimum Gasteiger partial charge on any atom is -0.348 e. The van der Waals surface area contributed by atoms with E-state index in [0.29, 0.717) is 0 Å². The first-order valence-corrected chi connectivity index (χ1v) is 10.5. The number of hydrogen-bond donors (Lipinski definition) is 1. The van der Waals surface area contributed by atoms with Crippen LogP contribution in [-0.4, -0.2) is 20.9 Å². The molecule has 0 unspecified atom stereocenters. The minimum atomic E-state index is -4.01. The molecule has 7 heteroatoms. The van der Waals surface area contributed by atoms with Gasteiger partial charge >= 0.3 is 0 Å². The fourth-order valence-corrected chi connectivity index (χ4v) is 4.33. The number of nitrogens with one attached hydrogen (secondary N) is 1. The van der Waals surface area contributed by atoms with Gasteiger partial charge in [-0.05, 0) is 48.9 Å². The van der Waals surface area contributed by atoms with Crippen LogP contribution in [0.25, 0.3) is 0 Å². The molecule has 0 radical (unpaired) electrons. The lowest BCUT2D eigenvalue weighted by molar-refractivity contribution is -0.120. The van der Waals surface area contributed by atoms with Crippen LogP contribution in [0.15, 0.2) is 89.8 Å². The van der Waals surface area contributed by atoms with E-state index in [1.165, 1.54) is 24.3 Å². The molecule has 0 fully saturated rings. The first-order valence-electron chi connectivity index (χ1n) is 9.05. The third-order valence-corrected chi connectivity index (χ3v) is 6.20. The molecule has 3 aromatic carbocycles. The molecular weight excluding hydrogens is 391 g/mol. The zero-order chi connectivity index (χ0) is 20.9. The number of halogens is 1. The summed E-state index contributed by atoms with van der Waals surface area (Å²) < 4.78 is 40.6. The van der Waals surface area contributed by atoms with Gasteiger partial charge in [0.15, 0.2) is 0 Å². The highest BCUT2D eigenvalue weighted by Gasteiger charge is 2.27. The van der Waals surface area contributed by atoms with E-state index in [0.717, 1.165) is 22.0 Å². The van der Waals surface area contributed by atoms with Gasteiger partial charge in [-0.2, -0.15) is 0 Å². The summed E-state index contributed by atoms with van der Waals surface area (Å²) in [5.41, 5.74) is 1.11. The van der Waals surface area contributed by atoms with E-state index in [1.54, 1.807) is 18.2 Å². The molecule has 0 aliphatic carbocycles. The third-order valence-electron chi connectivity index (χ3n) is 4.41. The Morgan fingerprint density at radius 2 is 1.48 bits per heavy atom. The molecule has 5 nitrogen and oxygen atoms in total. The van der Waals surface area contributed by atoms with E-state index in [2.05, 4.69) is 5.32 Å². The molecule has 0 aliphatic rings. The monoisotopic (exact) mass is 412 g/mol. The maximum Gasteiger partial charge on any atom is 0.264 e. The number of carbonyl (C=O) groups is 1. The van der Waals surface area contributed by atoms with Gasteiger partial charge in [-0.3, -0.25) is 9.10 Å². The quantitative estimate of drug-likeness (QED) is 0.640. The van der Waals surface area contributed by atoms with E-state index >= 15 is 0 Å². The van der Waals surface area contributed by atoms with Crippen molar-refractivity contribution >= 4 is 21.6 Å². The average molecular weight is 412 g/mol. The first-order chi connectivity index (χ1) is 13.9. The zero-order valence-electron chi connectivity index (χ0n) is 15.8. The number of rotatable bonds is 7. The van der Waals surface area contributed by atoms with Crippen molar-refractivity contribution in [2.45, 2.75) is 17.9 Å². The Kier molecular flexibility index (Phi) is 6.29. The molecule has 3 aromatic rings. The van der Waals surface area contributed by atoms with Gasteiger partial charge in [-0.1, -0.05) is 48.5 Å². The van der Waals surface area contributed by atoms with Crippen LogP contribution in [0.1, 0.15) is 18.5 Å². The van der Waals surface area contributed by atoms with Crippen LogP contribution in [0.2, 0.25) is 0 Å². The number of carbonyl (C=O) groups excluding carboxylic acids is 1. The molecule has 0 saturated heterocycles. The fourth-order valence-electron chi connectivity index (χ4n) is 2.88. The van der Waals surface area contributed by atoms with Gasteiger partial charge < -0.3 is 5.32 Å². The van der Waals surface area contributed by atoms with Gasteiger partial charge in [0, 0.05) is 0 Å². The second-order valence-electron chi connectivity index (χ2n) is 6.50. The molecule has 0 heterocycles. The Morgan fingerprint density at radius 3 is 2.07 bits per heavy atom. The predicted molar refractivity (Wildman–Crippen MR) is 110 cm³/mol. The van der Waals surface area contributed by atoms with Gasteiger partial charge in [0.05, 0.1) is 16.6 Å². The third kappa shape index (κ3) is 5.00. The molecule has 1 N–H and O–H groups in total. The van der Waals surface area contributed by atoms with E-state index < -0.39 is 28.3 Å². The Morgan fingerprint density at radius 1 is 0.931 bits per heavy atom. The molecule has 0 aliphatic heterocycles. The second kappa shape index (κ2) is 8.87. The second-order valence-corrected chi connectivity index (χ2v) is 8.36. The summed E-state index contributed by atoms with van der Waals surface area (Å²) in [7, 11) is -4.01. The number of benzene rings is 3. The zero-order valence-corrected chi connectivity index (χ0v) is 16.6. The van der Waals surface area contributed by atoms with E-state index in [4.69, 9.17) is 0 Å². The van der Waals surface area contributed by atoms with Gasteiger partial charge in [-0.15, -0.1) is 0 Å². The van der Waals surface area contributed by atoms with E-state index in [1.807, 2.05) is 37.3 Å². The number of anilines is 1. The number of amides is 1. The SMILES string of the molecule is C[C@H](NC(=O)CN(c1ccc(F)cc1)S(=O)(=O)c1ccccc1)c1ccccc1. The first kappa shape index (κ1) is 20.5. The summed E-state index contributed by atoms with van der Waals surface area (Å²) in [6.07, 6.45) is 0. The summed E-state index contributed by atoms with van der Waals surface area (Å²) in [6.45, 7) is 1.39. The minimum absolute atomic E-state index is 0.0493. The van der Waals surface area contributed by atoms with Crippen molar-refractivity contribution in [3.05, 3.63) is 96.3 Å². The van der Waals surface area contributed by atoms with Crippen molar-refractivity contribution in [1.82, 2.24) is 5.32 Å². The van der Waals surface area contributed by atoms with Crippen LogP contribution < -0.4 is 9.62 Å². The lowest BCUT2D eigenvalue weighted by Gasteiger charge is -2.25. The summed E-state index contributed by atoms with van der Waals surface area (Å²) in [4.78, 5) is 12.7. The molecule has 29 heavy (non-hydrogen) atoms. The van der Waals surface area contributed by atoms with Crippen molar-refractivity contribution in [2.75, 3.05) is 10.8 Å². The van der Waals surface area contributed by atoms with Crippen LogP contribution in [0.4, 0.5) is 10.1 Å². The van der Waals surface area contributed by atoms with E-state index in [9.17, 15) is 17.6 Å². The maximum atomic E-state index is 13.3. The van der Waals surface area contributed by atoms with Crippen molar-refractivity contribution < 1.29 is 17.6 Å². The molecule has 3 rings (SSSR count). The van der Waals surface area contributed by atoms with Crippen LogP contribution in [0.5, 0.6) is 0 Å². The summed E-state index contributed by atoms with van der Waals surface area (Å²) in [5, 5.41) is 2.81. The summed E-state index contributed by atoms with van der Waals surface area (Å²) >= 11 is 0. The Balaban J connectivity index is 1.87. The van der Waals surface area contributed by atoms with Crippen molar-refractivity contribution in [1.29, 1.82) is 0 Å². The van der Waals surface area contributed by atoms with Crippen LogP contribution >= 0.6 is 0 Å². The highest BCUT2D eigenvalue weighted by atomic mass is 32.2. The highest BCUT2D eigenvalue weighted by molar-refractivity contribution is 7.92.